The summed E-state index contributed by atoms with van der Waals surface area (Å²) in [6.45, 7) is 0.472. The molecular weight excluding hydrogens is 278 g/mol. The number of para-hydroxylation sites is 2. The van der Waals surface area contributed by atoms with Crippen molar-refractivity contribution in [3.05, 3.63) is 53.2 Å². The van der Waals surface area contributed by atoms with Crippen LogP contribution in [0.4, 0.5) is 0 Å². The van der Waals surface area contributed by atoms with Gasteiger partial charge in [-0.2, -0.15) is 0 Å². The van der Waals surface area contributed by atoms with E-state index in [1.807, 2.05) is 24.3 Å². The lowest BCUT2D eigenvalue weighted by Crippen LogP contribution is -2.25. The van der Waals surface area contributed by atoms with E-state index in [4.69, 9.17) is 16.0 Å². The molecule has 0 atom stereocenters. The summed E-state index contributed by atoms with van der Waals surface area (Å²) in [4.78, 5) is 19.4. The van der Waals surface area contributed by atoms with Crippen molar-refractivity contribution >= 4 is 28.5 Å². The van der Waals surface area contributed by atoms with Crippen molar-refractivity contribution in [3.63, 3.8) is 0 Å². The number of aromatic amines is 1. The Hall–Kier alpha value is -2.27. The average molecular weight is 290 g/mol. The van der Waals surface area contributed by atoms with Gasteiger partial charge in [0.1, 0.15) is 5.82 Å². The Morgan fingerprint density at radius 1 is 1.35 bits per heavy atom. The van der Waals surface area contributed by atoms with Crippen molar-refractivity contribution < 1.29 is 9.21 Å². The molecule has 0 radical (unpaired) electrons. The van der Waals surface area contributed by atoms with Crippen LogP contribution in [0.1, 0.15) is 16.2 Å². The number of H-pyrrole nitrogens is 1. The molecule has 2 heterocycles. The minimum Gasteiger partial charge on any atom is -0.452 e. The highest BCUT2D eigenvalue weighted by Crippen LogP contribution is 2.16. The molecule has 0 saturated heterocycles. The summed E-state index contributed by atoms with van der Waals surface area (Å²) in [6, 6.07) is 9.34. The number of imidazole rings is 1. The predicted octanol–water partition coefficient (Wildman–Crippen LogP) is 2.78. The zero-order valence-electron chi connectivity index (χ0n) is 10.5. The molecule has 0 spiro atoms. The van der Waals surface area contributed by atoms with Crippen molar-refractivity contribution in [2.24, 2.45) is 0 Å². The lowest BCUT2D eigenvalue weighted by Gasteiger charge is -2.01. The Labute approximate surface area is 120 Å². The number of halogens is 1. The van der Waals surface area contributed by atoms with Gasteiger partial charge in [-0.05, 0) is 29.8 Å². The third-order valence-corrected chi connectivity index (χ3v) is 3.24. The number of furan rings is 1. The van der Waals surface area contributed by atoms with Crippen LogP contribution in [0.15, 0.2) is 41.0 Å². The topological polar surface area (TPSA) is 70.9 Å². The average Bonchev–Trinajstić information content (AvgIpc) is 3.04. The smallest absolute Gasteiger partial charge is 0.256 e. The molecule has 3 aromatic rings. The highest BCUT2D eigenvalue weighted by molar-refractivity contribution is 6.32. The summed E-state index contributed by atoms with van der Waals surface area (Å²) < 4.78 is 4.88. The number of nitrogens with one attached hydrogen (secondary N) is 2. The molecule has 20 heavy (non-hydrogen) atoms. The predicted molar refractivity (Wildman–Crippen MR) is 75.8 cm³/mol. The zero-order valence-corrected chi connectivity index (χ0v) is 11.3. The van der Waals surface area contributed by atoms with Crippen LogP contribution in [0.3, 0.4) is 0 Å². The number of nitrogens with zero attached hydrogens (tertiary/aromatic N) is 1. The number of carbonyl (C=O) groups is 1. The molecule has 3 rings (SSSR count). The Balaban J connectivity index is 1.60. The highest BCUT2D eigenvalue weighted by atomic mass is 35.5. The largest absolute Gasteiger partial charge is 0.452 e. The summed E-state index contributed by atoms with van der Waals surface area (Å²) in [7, 11) is 0. The van der Waals surface area contributed by atoms with E-state index in [0.29, 0.717) is 18.5 Å². The number of carbonyl (C=O) groups excluding carboxylic acids is 1. The van der Waals surface area contributed by atoms with Gasteiger partial charge in [0.05, 0.1) is 22.9 Å². The normalized spacial score (nSPS) is 10.8. The van der Waals surface area contributed by atoms with Gasteiger partial charge in [0, 0.05) is 13.0 Å². The number of aromatic nitrogens is 2. The molecule has 2 N–H and O–H groups in total. The van der Waals surface area contributed by atoms with E-state index in [2.05, 4.69) is 15.3 Å². The summed E-state index contributed by atoms with van der Waals surface area (Å²) in [5.41, 5.74) is 2.26. The Morgan fingerprint density at radius 2 is 2.20 bits per heavy atom. The first kappa shape index (κ1) is 12.7. The number of fused-ring (bicyclic) bond motifs is 1. The van der Waals surface area contributed by atoms with Crippen LogP contribution in [0.25, 0.3) is 11.0 Å². The molecule has 0 unspecified atom stereocenters. The lowest BCUT2D eigenvalue weighted by atomic mass is 10.3. The van der Waals surface area contributed by atoms with Crippen molar-refractivity contribution in [1.82, 2.24) is 15.3 Å². The molecule has 1 aromatic carbocycles. The van der Waals surface area contributed by atoms with Crippen LogP contribution in [0.5, 0.6) is 0 Å². The van der Waals surface area contributed by atoms with Gasteiger partial charge in [-0.15, -0.1) is 0 Å². The molecule has 0 aliphatic rings. The maximum atomic E-state index is 11.8. The molecule has 6 heteroatoms. The summed E-state index contributed by atoms with van der Waals surface area (Å²) >= 11 is 5.74. The second kappa shape index (κ2) is 5.38. The minimum absolute atomic E-state index is 0.103. The Bertz CT molecular complexity index is 715. The fourth-order valence-corrected chi connectivity index (χ4v) is 2.17. The van der Waals surface area contributed by atoms with E-state index in [-0.39, 0.29) is 11.1 Å². The van der Waals surface area contributed by atoms with Gasteiger partial charge >= 0.3 is 0 Å². The van der Waals surface area contributed by atoms with E-state index in [1.165, 1.54) is 6.26 Å². The van der Waals surface area contributed by atoms with Crippen LogP contribution in [-0.4, -0.2) is 22.4 Å². The van der Waals surface area contributed by atoms with Crippen LogP contribution in [0.2, 0.25) is 5.22 Å². The third kappa shape index (κ3) is 2.53. The summed E-state index contributed by atoms with van der Waals surface area (Å²) in [5.74, 6) is 0.588. The van der Waals surface area contributed by atoms with Gasteiger partial charge in [-0.3, -0.25) is 4.79 Å². The highest BCUT2D eigenvalue weighted by Gasteiger charge is 2.12. The van der Waals surface area contributed by atoms with Crippen LogP contribution in [-0.2, 0) is 6.42 Å². The van der Waals surface area contributed by atoms with E-state index in [9.17, 15) is 4.79 Å². The number of hydrogen-bond acceptors (Lipinski definition) is 3. The van der Waals surface area contributed by atoms with Gasteiger partial charge < -0.3 is 14.7 Å². The second-order valence-corrected chi connectivity index (χ2v) is 4.66. The molecule has 0 aliphatic heterocycles. The zero-order chi connectivity index (χ0) is 13.9. The van der Waals surface area contributed by atoms with E-state index in [1.54, 1.807) is 6.07 Å². The first-order valence-electron chi connectivity index (χ1n) is 6.19. The van der Waals surface area contributed by atoms with Crippen molar-refractivity contribution in [2.75, 3.05) is 6.54 Å². The van der Waals surface area contributed by atoms with Gasteiger partial charge in [0.25, 0.3) is 5.91 Å². The van der Waals surface area contributed by atoms with Crippen molar-refractivity contribution in [1.29, 1.82) is 0 Å². The fourth-order valence-electron chi connectivity index (χ4n) is 1.97. The first-order chi connectivity index (χ1) is 9.74. The van der Waals surface area contributed by atoms with Crippen molar-refractivity contribution in [2.45, 2.75) is 6.42 Å². The molecule has 0 fully saturated rings. The minimum atomic E-state index is -0.250. The Kier molecular flexibility index (Phi) is 3.43. The molecule has 102 valence electrons. The van der Waals surface area contributed by atoms with Gasteiger partial charge in [-0.1, -0.05) is 12.1 Å². The third-order valence-electron chi connectivity index (χ3n) is 2.95. The summed E-state index contributed by atoms with van der Waals surface area (Å²) in [6.07, 6.45) is 2.01. The number of benzene rings is 1. The van der Waals surface area contributed by atoms with E-state index in [0.717, 1.165) is 16.9 Å². The number of rotatable bonds is 4. The number of amides is 1. The molecule has 5 nitrogen and oxygen atoms in total. The number of hydrogen-bond donors (Lipinski definition) is 2. The fraction of sp³-hybridized carbons (Fsp3) is 0.143. The van der Waals surface area contributed by atoms with Crippen LogP contribution < -0.4 is 5.32 Å². The maximum absolute atomic E-state index is 11.8. The van der Waals surface area contributed by atoms with Gasteiger partial charge in [-0.25, -0.2) is 4.98 Å². The van der Waals surface area contributed by atoms with Crippen LogP contribution >= 0.6 is 11.6 Å². The molecule has 0 aliphatic carbocycles. The van der Waals surface area contributed by atoms with Crippen molar-refractivity contribution in [3.8, 4) is 0 Å². The van der Waals surface area contributed by atoms with Crippen LogP contribution in [0, 0.1) is 0 Å². The molecule has 1 amide bonds. The van der Waals surface area contributed by atoms with E-state index < -0.39 is 0 Å². The maximum Gasteiger partial charge on any atom is 0.256 e. The SMILES string of the molecule is O=C(NCCc1nc2ccccc2[nH]1)c1ccoc1Cl. The van der Waals surface area contributed by atoms with Gasteiger partial charge in [0.15, 0.2) is 0 Å². The molecule has 2 aromatic heterocycles. The second-order valence-electron chi connectivity index (χ2n) is 4.31. The van der Waals surface area contributed by atoms with E-state index >= 15 is 0 Å². The first-order valence-corrected chi connectivity index (χ1v) is 6.56. The molecule has 0 saturated carbocycles. The quantitative estimate of drug-likeness (QED) is 0.776. The molecule has 0 bridgehead atoms. The summed E-state index contributed by atoms with van der Waals surface area (Å²) in [5, 5.41) is 2.88. The monoisotopic (exact) mass is 289 g/mol. The molecular formula is C14H12ClN3O2. The standard InChI is InChI=1S/C14H12ClN3O2/c15-13-9(6-8-20-13)14(19)16-7-5-12-17-10-3-1-2-4-11(10)18-12/h1-4,6,8H,5,7H2,(H,16,19)(H,17,18). The van der Waals surface area contributed by atoms with Gasteiger partial charge in [0.2, 0.25) is 5.22 Å². The Morgan fingerprint density at radius 3 is 2.95 bits per heavy atom. The lowest BCUT2D eigenvalue weighted by molar-refractivity contribution is 0.0953.